The van der Waals surface area contributed by atoms with E-state index in [4.69, 9.17) is 15.4 Å². The van der Waals surface area contributed by atoms with E-state index in [2.05, 4.69) is 0 Å². The fraction of sp³-hybridized carbons (Fsp3) is 0.250. The van der Waals surface area contributed by atoms with E-state index in [0.717, 1.165) is 16.7 Å². The van der Waals surface area contributed by atoms with Gasteiger partial charge in [0.2, 0.25) is 0 Å². The SMILES string of the molecule is Cc1cc(S(=O)(=O)Cl)c(C)c(C)c1OCc1ccccc1. The highest BCUT2D eigenvalue weighted by Crippen LogP contribution is 2.33. The Bertz CT molecular complexity index is 753. The maximum Gasteiger partial charge on any atom is 0.261 e. The molecule has 0 atom stereocenters. The van der Waals surface area contributed by atoms with Crippen molar-refractivity contribution in [2.45, 2.75) is 32.3 Å². The summed E-state index contributed by atoms with van der Waals surface area (Å²) in [6, 6.07) is 11.4. The van der Waals surface area contributed by atoms with Crippen LogP contribution in [-0.4, -0.2) is 8.42 Å². The molecule has 0 aliphatic rings. The van der Waals surface area contributed by atoms with Gasteiger partial charge in [0, 0.05) is 10.7 Å². The van der Waals surface area contributed by atoms with Gasteiger partial charge in [0.1, 0.15) is 12.4 Å². The van der Waals surface area contributed by atoms with Crippen molar-refractivity contribution in [1.29, 1.82) is 0 Å². The van der Waals surface area contributed by atoms with E-state index in [1.54, 1.807) is 13.0 Å². The molecular formula is C16H17ClO3S. The van der Waals surface area contributed by atoms with Gasteiger partial charge in [0.25, 0.3) is 9.05 Å². The Morgan fingerprint density at radius 2 is 1.67 bits per heavy atom. The number of benzene rings is 2. The van der Waals surface area contributed by atoms with Crippen molar-refractivity contribution in [2.75, 3.05) is 0 Å². The van der Waals surface area contributed by atoms with Crippen LogP contribution in [0.5, 0.6) is 5.75 Å². The van der Waals surface area contributed by atoms with Crippen LogP contribution >= 0.6 is 10.7 Å². The maximum absolute atomic E-state index is 11.6. The molecule has 0 aromatic heterocycles. The lowest BCUT2D eigenvalue weighted by Crippen LogP contribution is -2.04. The highest BCUT2D eigenvalue weighted by atomic mass is 35.7. The van der Waals surface area contributed by atoms with Gasteiger partial charge in [-0.15, -0.1) is 0 Å². The molecule has 0 aliphatic carbocycles. The summed E-state index contributed by atoms with van der Waals surface area (Å²) in [5.41, 5.74) is 3.24. The lowest BCUT2D eigenvalue weighted by Gasteiger charge is -2.16. The van der Waals surface area contributed by atoms with Crippen molar-refractivity contribution in [3.05, 3.63) is 58.7 Å². The molecule has 0 fully saturated rings. The average molecular weight is 325 g/mol. The highest BCUT2D eigenvalue weighted by molar-refractivity contribution is 8.13. The molecule has 21 heavy (non-hydrogen) atoms. The summed E-state index contributed by atoms with van der Waals surface area (Å²) in [6.45, 7) is 5.83. The predicted octanol–water partition coefficient (Wildman–Crippen LogP) is 4.12. The highest BCUT2D eigenvalue weighted by Gasteiger charge is 2.19. The Morgan fingerprint density at radius 1 is 1.05 bits per heavy atom. The van der Waals surface area contributed by atoms with Crippen LogP contribution in [0.25, 0.3) is 0 Å². The van der Waals surface area contributed by atoms with Crippen LogP contribution < -0.4 is 4.74 Å². The van der Waals surface area contributed by atoms with Crippen LogP contribution in [0, 0.1) is 20.8 Å². The fourth-order valence-electron chi connectivity index (χ4n) is 2.23. The first-order valence-electron chi connectivity index (χ1n) is 6.53. The van der Waals surface area contributed by atoms with Crippen molar-refractivity contribution in [1.82, 2.24) is 0 Å². The predicted molar refractivity (Wildman–Crippen MR) is 84.5 cm³/mol. The van der Waals surface area contributed by atoms with Crippen molar-refractivity contribution < 1.29 is 13.2 Å². The van der Waals surface area contributed by atoms with Gasteiger partial charge in [0.05, 0.1) is 4.90 Å². The molecular weight excluding hydrogens is 308 g/mol. The van der Waals surface area contributed by atoms with Gasteiger partial charge in [-0.25, -0.2) is 8.42 Å². The summed E-state index contributed by atoms with van der Waals surface area (Å²) >= 11 is 0. The zero-order chi connectivity index (χ0) is 15.6. The van der Waals surface area contributed by atoms with Crippen LogP contribution in [0.3, 0.4) is 0 Å². The smallest absolute Gasteiger partial charge is 0.261 e. The lowest BCUT2D eigenvalue weighted by atomic mass is 10.1. The molecule has 0 N–H and O–H groups in total. The van der Waals surface area contributed by atoms with Crippen molar-refractivity contribution in [3.8, 4) is 5.75 Å². The number of ether oxygens (including phenoxy) is 1. The first kappa shape index (κ1) is 15.9. The minimum Gasteiger partial charge on any atom is -0.488 e. The zero-order valence-corrected chi connectivity index (χ0v) is 13.8. The van der Waals surface area contributed by atoms with Gasteiger partial charge < -0.3 is 4.74 Å². The Morgan fingerprint density at radius 3 is 2.24 bits per heavy atom. The van der Waals surface area contributed by atoms with Gasteiger partial charge in [-0.2, -0.15) is 0 Å². The number of hydrogen-bond donors (Lipinski definition) is 0. The van der Waals surface area contributed by atoms with E-state index < -0.39 is 9.05 Å². The van der Waals surface area contributed by atoms with Crippen molar-refractivity contribution in [2.24, 2.45) is 0 Å². The van der Waals surface area contributed by atoms with E-state index in [-0.39, 0.29) is 4.90 Å². The standard InChI is InChI=1S/C16H17ClO3S/c1-11-9-15(21(17,18)19)12(2)13(3)16(11)20-10-14-7-5-4-6-8-14/h4-9H,10H2,1-3H3. The first-order valence-corrected chi connectivity index (χ1v) is 8.84. The Kier molecular flexibility index (Phi) is 4.59. The van der Waals surface area contributed by atoms with E-state index in [9.17, 15) is 8.42 Å². The van der Waals surface area contributed by atoms with Crippen LogP contribution in [0.1, 0.15) is 22.3 Å². The van der Waals surface area contributed by atoms with E-state index in [0.29, 0.717) is 17.9 Å². The average Bonchev–Trinajstić information content (AvgIpc) is 2.42. The van der Waals surface area contributed by atoms with Gasteiger partial charge in [-0.3, -0.25) is 0 Å². The topological polar surface area (TPSA) is 43.4 Å². The van der Waals surface area contributed by atoms with Crippen LogP contribution in [0.15, 0.2) is 41.3 Å². The van der Waals surface area contributed by atoms with Gasteiger partial charge in [-0.1, -0.05) is 30.3 Å². The molecule has 0 spiro atoms. The first-order chi connectivity index (χ1) is 9.80. The third kappa shape index (κ3) is 3.57. The second-order valence-corrected chi connectivity index (χ2v) is 7.52. The number of hydrogen-bond acceptors (Lipinski definition) is 3. The molecule has 0 saturated carbocycles. The normalized spacial score (nSPS) is 11.4. The lowest BCUT2D eigenvalue weighted by molar-refractivity contribution is 0.301. The summed E-state index contributed by atoms with van der Waals surface area (Å²) in [7, 11) is 1.72. The molecule has 0 aliphatic heterocycles. The van der Waals surface area contributed by atoms with Gasteiger partial charge >= 0.3 is 0 Å². The Hall–Kier alpha value is -1.52. The Labute approximate surface area is 129 Å². The van der Waals surface area contributed by atoms with Crippen LogP contribution in [0.2, 0.25) is 0 Å². The fourth-order valence-corrected chi connectivity index (χ4v) is 3.54. The summed E-state index contributed by atoms with van der Waals surface area (Å²) in [6.07, 6.45) is 0. The third-order valence-electron chi connectivity index (χ3n) is 3.47. The quantitative estimate of drug-likeness (QED) is 0.795. The molecule has 112 valence electrons. The minimum absolute atomic E-state index is 0.145. The minimum atomic E-state index is -3.75. The summed E-state index contributed by atoms with van der Waals surface area (Å²) in [5, 5.41) is 0. The number of aryl methyl sites for hydroxylation is 1. The van der Waals surface area contributed by atoms with Gasteiger partial charge in [-0.05, 0) is 49.1 Å². The molecule has 0 amide bonds. The summed E-state index contributed by atoms with van der Waals surface area (Å²) in [5.74, 6) is 0.709. The maximum atomic E-state index is 11.6. The van der Waals surface area contributed by atoms with E-state index >= 15 is 0 Å². The molecule has 2 aromatic carbocycles. The van der Waals surface area contributed by atoms with E-state index in [1.807, 2.05) is 44.2 Å². The molecule has 3 nitrogen and oxygen atoms in total. The summed E-state index contributed by atoms with van der Waals surface area (Å²) in [4.78, 5) is 0.145. The molecule has 0 heterocycles. The molecule has 0 bridgehead atoms. The second-order valence-electron chi connectivity index (χ2n) is 4.98. The van der Waals surface area contributed by atoms with Crippen molar-refractivity contribution in [3.63, 3.8) is 0 Å². The third-order valence-corrected chi connectivity index (χ3v) is 4.92. The van der Waals surface area contributed by atoms with E-state index in [1.165, 1.54) is 0 Å². The van der Waals surface area contributed by atoms with Crippen LogP contribution in [-0.2, 0) is 15.7 Å². The molecule has 5 heteroatoms. The second kappa shape index (κ2) is 6.08. The molecule has 2 aromatic rings. The molecule has 0 unspecified atom stereocenters. The molecule has 0 radical (unpaired) electrons. The molecule has 2 rings (SSSR count). The number of rotatable bonds is 4. The largest absolute Gasteiger partial charge is 0.488 e. The zero-order valence-electron chi connectivity index (χ0n) is 12.2. The van der Waals surface area contributed by atoms with Crippen LogP contribution in [0.4, 0.5) is 0 Å². The molecule has 0 saturated heterocycles. The number of halogens is 1. The summed E-state index contributed by atoms with van der Waals surface area (Å²) < 4.78 is 29.0. The Balaban J connectivity index is 2.36. The van der Waals surface area contributed by atoms with Crippen molar-refractivity contribution >= 4 is 19.7 Å². The van der Waals surface area contributed by atoms with Gasteiger partial charge in [0.15, 0.2) is 0 Å². The monoisotopic (exact) mass is 324 g/mol.